The summed E-state index contributed by atoms with van der Waals surface area (Å²) in [6.07, 6.45) is 2.32. The molecule has 0 saturated carbocycles. The van der Waals surface area contributed by atoms with Crippen LogP contribution in [0, 0.1) is 5.82 Å². The van der Waals surface area contributed by atoms with Gasteiger partial charge in [-0.3, -0.25) is 4.79 Å². The number of rotatable bonds is 4. The number of likely N-dealkylation sites (N-methyl/N-ethyl adjacent to an activating group) is 1. The first-order valence-electron chi connectivity index (χ1n) is 8.48. The summed E-state index contributed by atoms with van der Waals surface area (Å²) in [6.45, 7) is 8.48. The molecular formula is C18H23FN4O. The predicted octanol–water partition coefficient (Wildman–Crippen LogP) is 2.35. The number of nitrogens with zero attached hydrogens (tertiary/aromatic N) is 4. The molecule has 1 aliphatic heterocycles. The SMILES string of the molecule is CCc1c(C(=O)N2CCN(CC)CC2)cnn1-c1ccc(F)cc1. The molecule has 0 atom stereocenters. The first-order chi connectivity index (χ1) is 11.6. The summed E-state index contributed by atoms with van der Waals surface area (Å²) in [5, 5.41) is 4.37. The van der Waals surface area contributed by atoms with E-state index in [1.54, 1.807) is 23.0 Å². The van der Waals surface area contributed by atoms with Crippen molar-refractivity contribution in [2.45, 2.75) is 20.3 Å². The number of hydrogen-bond donors (Lipinski definition) is 0. The summed E-state index contributed by atoms with van der Waals surface area (Å²) in [7, 11) is 0. The van der Waals surface area contributed by atoms with Crippen molar-refractivity contribution in [1.29, 1.82) is 0 Å². The molecule has 1 aliphatic rings. The maximum atomic E-state index is 13.1. The number of carbonyl (C=O) groups excluding carboxylic acids is 1. The van der Waals surface area contributed by atoms with Gasteiger partial charge in [0.05, 0.1) is 23.1 Å². The fraction of sp³-hybridized carbons (Fsp3) is 0.444. The zero-order valence-electron chi connectivity index (χ0n) is 14.2. The smallest absolute Gasteiger partial charge is 0.257 e. The van der Waals surface area contributed by atoms with Gasteiger partial charge in [-0.25, -0.2) is 9.07 Å². The first-order valence-corrected chi connectivity index (χ1v) is 8.48. The topological polar surface area (TPSA) is 41.4 Å². The van der Waals surface area contributed by atoms with Gasteiger partial charge >= 0.3 is 0 Å². The lowest BCUT2D eigenvalue weighted by Crippen LogP contribution is -2.48. The Balaban J connectivity index is 1.84. The maximum Gasteiger partial charge on any atom is 0.257 e. The van der Waals surface area contributed by atoms with Crippen molar-refractivity contribution in [2.24, 2.45) is 0 Å². The number of carbonyl (C=O) groups is 1. The second-order valence-corrected chi connectivity index (χ2v) is 5.97. The molecule has 0 spiro atoms. The van der Waals surface area contributed by atoms with E-state index < -0.39 is 0 Å². The number of benzene rings is 1. The predicted molar refractivity (Wildman–Crippen MR) is 90.9 cm³/mol. The Labute approximate surface area is 141 Å². The fourth-order valence-electron chi connectivity index (χ4n) is 3.13. The van der Waals surface area contributed by atoms with Gasteiger partial charge in [0.15, 0.2) is 0 Å². The van der Waals surface area contributed by atoms with Gasteiger partial charge in [0, 0.05) is 26.2 Å². The molecule has 0 aliphatic carbocycles. The molecule has 3 rings (SSSR count). The van der Waals surface area contributed by atoms with Crippen LogP contribution < -0.4 is 0 Å². The molecule has 0 radical (unpaired) electrons. The Morgan fingerprint density at radius 3 is 2.38 bits per heavy atom. The monoisotopic (exact) mass is 330 g/mol. The standard InChI is InChI=1S/C18H23FN4O/c1-3-17-16(18(24)22-11-9-21(4-2)10-12-22)13-20-23(17)15-7-5-14(19)6-8-15/h5-8,13H,3-4,9-12H2,1-2H3. The molecule has 0 bridgehead atoms. The van der Waals surface area contributed by atoms with Gasteiger partial charge in [0.2, 0.25) is 0 Å². The fourth-order valence-corrected chi connectivity index (χ4v) is 3.13. The third-order valence-corrected chi connectivity index (χ3v) is 4.61. The zero-order valence-corrected chi connectivity index (χ0v) is 14.2. The van der Waals surface area contributed by atoms with Crippen LogP contribution in [-0.2, 0) is 6.42 Å². The highest BCUT2D eigenvalue weighted by Crippen LogP contribution is 2.18. The third kappa shape index (κ3) is 3.19. The average Bonchev–Trinajstić information content (AvgIpc) is 3.05. The summed E-state index contributed by atoms with van der Waals surface area (Å²) >= 11 is 0. The van der Waals surface area contributed by atoms with E-state index >= 15 is 0 Å². The second kappa shape index (κ2) is 7.13. The molecule has 1 fully saturated rings. The van der Waals surface area contributed by atoms with Gasteiger partial charge < -0.3 is 9.80 Å². The molecule has 2 aromatic rings. The second-order valence-electron chi connectivity index (χ2n) is 5.97. The van der Waals surface area contributed by atoms with E-state index in [1.165, 1.54) is 12.1 Å². The van der Waals surface area contributed by atoms with Crippen molar-refractivity contribution in [1.82, 2.24) is 19.6 Å². The maximum absolute atomic E-state index is 13.1. The number of aromatic nitrogens is 2. The van der Waals surface area contributed by atoms with Crippen LogP contribution >= 0.6 is 0 Å². The lowest BCUT2D eigenvalue weighted by Gasteiger charge is -2.34. The number of amides is 1. The summed E-state index contributed by atoms with van der Waals surface area (Å²) in [6, 6.07) is 6.16. The van der Waals surface area contributed by atoms with Gasteiger partial charge in [0.1, 0.15) is 5.82 Å². The minimum atomic E-state index is -0.283. The van der Waals surface area contributed by atoms with Crippen molar-refractivity contribution in [3.63, 3.8) is 0 Å². The van der Waals surface area contributed by atoms with Gasteiger partial charge in [-0.05, 0) is 37.2 Å². The lowest BCUT2D eigenvalue weighted by atomic mass is 10.1. The van der Waals surface area contributed by atoms with E-state index in [4.69, 9.17) is 0 Å². The Bertz CT molecular complexity index is 702. The van der Waals surface area contributed by atoms with Crippen molar-refractivity contribution in [2.75, 3.05) is 32.7 Å². The first kappa shape index (κ1) is 16.6. The van der Waals surface area contributed by atoms with Gasteiger partial charge in [-0.2, -0.15) is 5.10 Å². The molecule has 128 valence electrons. The summed E-state index contributed by atoms with van der Waals surface area (Å²) in [4.78, 5) is 17.1. The normalized spacial score (nSPS) is 15.7. The van der Waals surface area contributed by atoms with Crippen molar-refractivity contribution < 1.29 is 9.18 Å². The minimum absolute atomic E-state index is 0.0379. The molecule has 0 unspecified atom stereocenters. The van der Waals surface area contributed by atoms with Gasteiger partial charge in [0.25, 0.3) is 5.91 Å². The van der Waals surface area contributed by atoms with Crippen LogP contribution in [0.3, 0.4) is 0 Å². The van der Waals surface area contributed by atoms with Crippen LogP contribution in [-0.4, -0.2) is 58.2 Å². The highest BCUT2D eigenvalue weighted by molar-refractivity contribution is 5.95. The van der Waals surface area contributed by atoms with E-state index in [0.29, 0.717) is 12.0 Å². The number of piperazine rings is 1. The minimum Gasteiger partial charge on any atom is -0.336 e. The summed E-state index contributed by atoms with van der Waals surface area (Å²) in [5.41, 5.74) is 2.28. The van der Waals surface area contributed by atoms with Crippen molar-refractivity contribution >= 4 is 5.91 Å². The molecule has 2 heterocycles. The Kier molecular flexibility index (Phi) is 4.94. The highest BCUT2D eigenvalue weighted by atomic mass is 19.1. The number of halogens is 1. The molecule has 1 saturated heterocycles. The highest BCUT2D eigenvalue weighted by Gasteiger charge is 2.25. The van der Waals surface area contributed by atoms with Gasteiger partial charge in [-0.15, -0.1) is 0 Å². The zero-order chi connectivity index (χ0) is 17.1. The number of hydrogen-bond acceptors (Lipinski definition) is 3. The molecule has 1 aromatic carbocycles. The average molecular weight is 330 g/mol. The molecule has 1 aromatic heterocycles. The molecule has 24 heavy (non-hydrogen) atoms. The van der Waals surface area contributed by atoms with Crippen molar-refractivity contribution in [3.05, 3.63) is 47.5 Å². The van der Waals surface area contributed by atoms with Crippen LogP contribution in [0.1, 0.15) is 29.9 Å². The summed E-state index contributed by atoms with van der Waals surface area (Å²) in [5.74, 6) is -0.245. The van der Waals surface area contributed by atoms with Crippen LogP contribution in [0.15, 0.2) is 30.5 Å². The molecule has 5 nitrogen and oxygen atoms in total. The molecule has 6 heteroatoms. The van der Waals surface area contributed by atoms with Crippen LogP contribution in [0.25, 0.3) is 5.69 Å². The molecule has 0 N–H and O–H groups in total. The summed E-state index contributed by atoms with van der Waals surface area (Å²) < 4.78 is 14.9. The van der Waals surface area contributed by atoms with E-state index in [0.717, 1.165) is 44.1 Å². The van der Waals surface area contributed by atoms with E-state index in [1.807, 2.05) is 11.8 Å². The van der Waals surface area contributed by atoms with E-state index in [-0.39, 0.29) is 11.7 Å². The van der Waals surface area contributed by atoms with Gasteiger partial charge in [-0.1, -0.05) is 13.8 Å². The Morgan fingerprint density at radius 2 is 1.79 bits per heavy atom. The molecular weight excluding hydrogens is 307 g/mol. The van der Waals surface area contributed by atoms with E-state index in [2.05, 4.69) is 16.9 Å². The van der Waals surface area contributed by atoms with Crippen LogP contribution in [0.2, 0.25) is 0 Å². The van der Waals surface area contributed by atoms with E-state index in [9.17, 15) is 9.18 Å². The lowest BCUT2D eigenvalue weighted by molar-refractivity contribution is 0.0642. The van der Waals surface area contributed by atoms with Crippen LogP contribution in [0.4, 0.5) is 4.39 Å². The Hall–Kier alpha value is -2.21. The quantitative estimate of drug-likeness (QED) is 0.864. The molecule has 1 amide bonds. The van der Waals surface area contributed by atoms with Crippen LogP contribution in [0.5, 0.6) is 0 Å². The Morgan fingerprint density at radius 1 is 1.12 bits per heavy atom. The third-order valence-electron chi connectivity index (χ3n) is 4.61. The van der Waals surface area contributed by atoms with Crippen molar-refractivity contribution in [3.8, 4) is 5.69 Å². The largest absolute Gasteiger partial charge is 0.336 e.